The van der Waals surface area contributed by atoms with Crippen LogP contribution in [0.15, 0.2) is 46.7 Å². The molecular formula is C14H10OS. The molecule has 0 spiro atoms. The van der Waals surface area contributed by atoms with Crippen molar-refractivity contribution in [1.29, 1.82) is 0 Å². The van der Waals surface area contributed by atoms with Gasteiger partial charge in [-0.2, -0.15) is 11.3 Å². The molecule has 1 aromatic heterocycles. The van der Waals surface area contributed by atoms with Gasteiger partial charge in [-0.05, 0) is 34.0 Å². The molecule has 3 rings (SSSR count). The van der Waals surface area contributed by atoms with Gasteiger partial charge in [0.15, 0.2) is 5.78 Å². The first-order valence-corrected chi connectivity index (χ1v) is 6.14. The van der Waals surface area contributed by atoms with Crippen molar-refractivity contribution in [2.24, 2.45) is 0 Å². The predicted octanol–water partition coefficient (Wildman–Crippen LogP) is 3.57. The Kier molecular flexibility index (Phi) is 2.22. The molecule has 0 saturated carbocycles. The number of carbonyl (C=O) groups is 1. The molecule has 2 heteroatoms. The zero-order valence-electron chi connectivity index (χ0n) is 8.64. The number of allylic oxidation sites excluding steroid dienone is 1. The van der Waals surface area contributed by atoms with E-state index in [9.17, 15) is 4.79 Å². The van der Waals surface area contributed by atoms with Gasteiger partial charge in [0.05, 0.1) is 0 Å². The Hall–Kier alpha value is -1.67. The summed E-state index contributed by atoms with van der Waals surface area (Å²) < 4.78 is 0. The van der Waals surface area contributed by atoms with E-state index in [4.69, 9.17) is 0 Å². The lowest BCUT2D eigenvalue weighted by Crippen LogP contribution is -1.94. The van der Waals surface area contributed by atoms with E-state index in [2.05, 4.69) is 5.38 Å². The Morgan fingerprint density at radius 3 is 2.81 bits per heavy atom. The van der Waals surface area contributed by atoms with Crippen molar-refractivity contribution < 1.29 is 4.79 Å². The van der Waals surface area contributed by atoms with Gasteiger partial charge in [0.2, 0.25) is 0 Å². The molecule has 0 bridgehead atoms. The molecule has 1 aliphatic carbocycles. The van der Waals surface area contributed by atoms with E-state index < -0.39 is 0 Å². The second-order valence-electron chi connectivity index (χ2n) is 3.89. The maximum atomic E-state index is 12.1. The van der Waals surface area contributed by atoms with Gasteiger partial charge >= 0.3 is 0 Å². The Balaban J connectivity index is 2.02. The van der Waals surface area contributed by atoms with Crippen LogP contribution in [0.4, 0.5) is 0 Å². The lowest BCUT2D eigenvalue weighted by molar-refractivity contribution is 0.104. The van der Waals surface area contributed by atoms with Crippen molar-refractivity contribution in [2.75, 3.05) is 0 Å². The average molecular weight is 226 g/mol. The van der Waals surface area contributed by atoms with Gasteiger partial charge in [-0.15, -0.1) is 0 Å². The number of benzene rings is 1. The predicted molar refractivity (Wildman–Crippen MR) is 66.8 cm³/mol. The Bertz CT molecular complexity index is 564. The number of Topliss-reactive ketones (excluding diaryl/α,β-unsaturated/α-hetero) is 1. The SMILES string of the molecule is O=C1C(=Cc2ccsc2)Cc2ccccc21. The van der Waals surface area contributed by atoms with Crippen molar-refractivity contribution in [2.45, 2.75) is 6.42 Å². The van der Waals surface area contributed by atoms with Gasteiger partial charge in [-0.1, -0.05) is 24.3 Å². The first-order valence-electron chi connectivity index (χ1n) is 5.20. The van der Waals surface area contributed by atoms with Crippen LogP contribution < -0.4 is 0 Å². The van der Waals surface area contributed by atoms with Crippen molar-refractivity contribution in [3.05, 3.63) is 63.4 Å². The maximum absolute atomic E-state index is 12.1. The van der Waals surface area contributed by atoms with Crippen LogP contribution in [-0.2, 0) is 6.42 Å². The van der Waals surface area contributed by atoms with E-state index in [-0.39, 0.29) is 5.78 Å². The smallest absolute Gasteiger partial charge is 0.189 e. The van der Waals surface area contributed by atoms with Crippen LogP contribution in [0.2, 0.25) is 0 Å². The third kappa shape index (κ3) is 1.51. The molecule has 1 heterocycles. The molecule has 0 radical (unpaired) electrons. The molecule has 0 fully saturated rings. The fraction of sp³-hybridized carbons (Fsp3) is 0.0714. The van der Waals surface area contributed by atoms with Gasteiger partial charge in [-0.25, -0.2) is 0 Å². The largest absolute Gasteiger partial charge is 0.289 e. The second kappa shape index (κ2) is 3.72. The van der Waals surface area contributed by atoms with E-state index >= 15 is 0 Å². The summed E-state index contributed by atoms with van der Waals surface area (Å²) in [5, 5.41) is 4.09. The molecular weight excluding hydrogens is 216 g/mol. The molecule has 0 saturated heterocycles. The van der Waals surface area contributed by atoms with E-state index in [1.807, 2.05) is 41.8 Å². The Morgan fingerprint density at radius 2 is 2.06 bits per heavy atom. The number of rotatable bonds is 1. The van der Waals surface area contributed by atoms with Gasteiger partial charge in [0.1, 0.15) is 0 Å². The molecule has 0 aliphatic heterocycles. The topological polar surface area (TPSA) is 17.1 Å². The molecule has 0 amide bonds. The Labute approximate surface area is 98.1 Å². The zero-order valence-corrected chi connectivity index (χ0v) is 9.46. The van der Waals surface area contributed by atoms with Crippen molar-refractivity contribution in [3.63, 3.8) is 0 Å². The molecule has 78 valence electrons. The van der Waals surface area contributed by atoms with Crippen LogP contribution in [-0.4, -0.2) is 5.78 Å². The van der Waals surface area contributed by atoms with Gasteiger partial charge in [0, 0.05) is 17.6 Å². The van der Waals surface area contributed by atoms with Crippen molar-refractivity contribution in [1.82, 2.24) is 0 Å². The minimum atomic E-state index is 0.182. The van der Waals surface area contributed by atoms with Crippen LogP contribution in [0.5, 0.6) is 0 Å². The van der Waals surface area contributed by atoms with Crippen LogP contribution in [0.3, 0.4) is 0 Å². The fourth-order valence-corrected chi connectivity index (χ4v) is 2.65. The highest BCUT2D eigenvalue weighted by Gasteiger charge is 2.23. The highest BCUT2D eigenvalue weighted by Crippen LogP contribution is 2.27. The first-order chi connectivity index (χ1) is 7.84. The minimum Gasteiger partial charge on any atom is -0.289 e. The Morgan fingerprint density at radius 1 is 1.19 bits per heavy atom. The summed E-state index contributed by atoms with van der Waals surface area (Å²) in [7, 11) is 0. The van der Waals surface area contributed by atoms with E-state index in [0.29, 0.717) is 0 Å². The first kappa shape index (κ1) is 9.55. The number of fused-ring (bicyclic) bond motifs is 1. The van der Waals surface area contributed by atoms with Crippen LogP contribution >= 0.6 is 11.3 Å². The highest BCUT2D eigenvalue weighted by molar-refractivity contribution is 7.08. The average Bonchev–Trinajstić information content (AvgIpc) is 2.90. The summed E-state index contributed by atoms with van der Waals surface area (Å²) in [6, 6.07) is 9.88. The molecule has 2 aromatic rings. The van der Waals surface area contributed by atoms with Gasteiger partial charge in [-0.3, -0.25) is 4.79 Å². The second-order valence-corrected chi connectivity index (χ2v) is 4.67. The van der Waals surface area contributed by atoms with Crippen LogP contribution in [0.25, 0.3) is 6.08 Å². The maximum Gasteiger partial charge on any atom is 0.189 e. The molecule has 0 N–H and O–H groups in total. The zero-order chi connectivity index (χ0) is 11.0. The van der Waals surface area contributed by atoms with E-state index in [1.54, 1.807) is 11.3 Å². The molecule has 16 heavy (non-hydrogen) atoms. The fourth-order valence-electron chi connectivity index (χ4n) is 2.03. The van der Waals surface area contributed by atoms with Crippen molar-refractivity contribution in [3.8, 4) is 0 Å². The van der Waals surface area contributed by atoms with E-state index in [1.165, 1.54) is 0 Å². The minimum absolute atomic E-state index is 0.182. The van der Waals surface area contributed by atoms with Crippen molar-refractivity contribution >= 4 is 23.2 Å². The number of thiophene rings is 1. The molecule has 1 aliphatic rings. The van der Waals surface area contributed by atoms with Gasteiger partial charge in [0.25, 0.3) is 0 Å². The third-order valence-electron chi connectivity index (χ3n) is 2.82. The molecule has 0 atom stereocenters. The van der Waals surface area contributed by atoms with Crippen LogP contribution in [0.1, 0.15) is 21.5 Å². The molecule has 1 aromatic carbocycles. The highest BCUT2D eigenvalue weighted by atomic mass is 32.1. The number of carbonyl (C=O) groups excluding carboxylic acids is 1. The van der Waals surface area contributed by atoms with Crippen LogP contribution in [0, 0.1) is 0 Å². The lowest BCUT2D eigenvalue weighted by atomic mass is 10.1. The standard InChI is InChI=1S/C14H10OS/c15-14-12(7-10-5-6-16-9-10)8-11-3-1-2-4-13(11)14/h1-7,9H,8H2. The summed E-state index contributed by atoms with van der Waals surface area (Å²) >= 11 is 1.65. The quantitative estimate of drug-likeness (QED) is 0.679. The number of hydrogen-bond acceptors (Lipinski definition) is 2. The molecule has 1 nitrogen and oxygen atoms in total. The molecule has 0 unspecified atom stereocenters. The summed E-state index contributed by atoms with van der Waals surface area (Å²) in [6.07, 6.45) is 2.77. The normalized spacial score (nSPS) is 16.8. The van der Waals surface area contributed by atoms with E-state index in [0.717, 1.165) is 28.7 Å². The lowest BCUT2D eigenvalue weighted by Gasteiger charge is -1.92. The summed E-state index contributed by atoms with van der Waals surface area (Å²) in [6.45, 7) is 0. The number of hydrogen-bond donors (Lipinski definition) is 0. The monoisotopic (exact) mass is 226 g/mol. The number of ketones is 1. The summed E-state index contributed by atoms with van der Waals surface area (Å²) in [5.41, 5.74) is 4.04. The summed E-state index contributed by atoms with van der Waals surface area (Å²) in [5.74, 6) is 0.182. The summed E-state index contributed by atoms with van der Waals surface area (Å²) in [4.78, 5) is 12.1. The third-order valence-corrected chi connectivity index (χ3v) is 3.52. The van der Waals surface area contributed by atoms with Gasteiger partial charge < -0.3 is 0 Å².